The number of halogens is 1. The van der Waals surface area contributed by atoms with E-state index in [0.29, 0.717) is 29.4 Å². The first-order valence-electron chi connectivity index (χ1n) is 5.36. The lowest BCUT2D eigenvalue weighted by molar-refractivity contribution is -0.115. The molecule has 1 rings (SSSR count). The number of carbonyl (C=O) groups is 1. The molecule has 0 aliphatic carbocycles. The summed E-state index contributed by atoms with van der Waals surface area (Å²) in [6.07, 6.45) is 0. The molecule has 2 N–H and O–H groups in total. The number of hydrogen-bond donors (Lipinski definition) is 2. The summed E-state index contributed by atoms with van der Waals surface area (Å²) >= 11 is 5.79. The van der Waals surface area contributed by atoms with Crippen molar-refractivity contribution in [3.05, 3.63) is 28.8 Å². The fourth-order valence-electron chi connectivity index (χ4n) is 1.27. The molecule has 1 aromatic rings. The van der Waals surface area contributed by atoms with Gasteiger partial charge in [-0.3, -0.25) is 4.79 Å². The molecule has 0 aliphatic rings. The highest BCUT2D eigenvalue weighted by molar-refractivity contribution is 6.31. The van der Waals surface area contributed by atoms with Gasteiger partial charge in [0.15, 0.2) is 0 Å². The Morgan fingerprint density at radius 1 is 1.56 bits per heavy atom. The zero-order valence-corrected chi connectivity index (χ0v) is 10.8. The summed E-state index contributed by atoms with van der Waals surface area (Å²) in [5.74, 6) is -0.183. The lowest BCUT2D eigenvalue weighted by atomic mass is 10.2. The molecule has 6 heteroatoms. The highest BCUT2D eigenvalue weighted by Crippen LogP contribution is 2.19. The lowest BCUT2D eigenvalue weighted by Crippen LogP contribution is -2.30. The van der Waals surface area contributed by atoms with Crippen LogP contribution in [0.25, 0.3) is 0 Å². The summed E-state index contributed by atoms with van der Waals surface area (Å²) < 4.78 is 4.84. The molecule has 0 saturated heterocycles. The molecule has 18 heavy (non-hydrogen) atoms. The molecule has 0 aromatic heterocycles. The number of amides is 1. The van der Waals surface area contributed by atoms with Crippen molar-refractivity contribution in [2.45, 2.75) is 0 Å². The number of carbonyl (C=O) groups excluding carboxylic acids is 1. The molecule has 0 radical (unpaired) electrons. The fraction of sp³-hybridized carbons (Fsp3) is 0.333. The summed E-state index contributed by atoms with van der Waals surface area (Å²) in [4.78, 5) is 11.5. The maximum atomic E-state index is 11.5. The van der Waals surface area contributed by atoms with Gasteiger partial charge in [-0.05, 0) is 18.2 Å². The SMILES string of the molecule is COCCNCC(=O)Nc1ccc(Cl)c(C#N)c1. The molecule has 0 fully saturated rings. The molecular weight excluding hydrogens is 254 g/mol. The van der Waals surface area contributed by atoms with E-state index in [4.69, 9.17) is 21.6 Å². The van der Waals surface area contributed by atoms with Crippen molar-refractivity contribution in [2.75, 3.05) is 32.1 Å². The number of rotatable bonds is 6. The molecule has 0 heterocycles. The Balaban J connectivity index is 2.47. The van der Waals surface area contributed by atoms with Gasteiger partial charge in [-0.2, -0.15) is 5.26 Å². The highest BCUT2D eigenvalue weighted by Gasteiger charge is 2.04. The highest BCUT2D eigenvalue weighted by atomic mass is 35.5. The van der Waals surface area contributed by atoms with Crippen LogP contribution < -0.4 is 10.6 Å². The summed E-state index contributed by atoms with van der Waals surface area (Å²) in [7, 11) is 1.60. The van der Waals surface area contributed by atoms with Crippen LogP contribution >= 0.6 is 11.6 Å². The minimum absolute atomic E-state index is 0.183. The quantitative estimate of drug-likeness (QED) is 0.764. The molecule has 96 valence electrons. The Hall–Kier alpha value is -1.61. The summed E-state index contributed by atoms with van der Waals surface area (Å²) in [5, 5.41) is 14.8. The number of nitriles is 1. The third-order valence-electron chi connectivity index (χ3n) is 2.14. The van der Waals surface area contributed by atoms with Crippen molar-refractivity contribution in [3.8, 4) is 6.07 Å². The Kier molecular flexibility index (Phi) is 6.15. The third-order valence-corrected chi connectivity index (χ3v) is 2.47. The van der Waals surface area contributed by atoms with Gasteiger partial charge in [0.25, 0.3) is 0 Å². The molecule has 0 bridgehead atoms. The molecule has 0 unspecified atom stereocenters. The number of ether oxygens (including phenoxy) is 1. The van der Waals surface area contributed by atoms with E-state index in [9.17, 15) is 4.79 Å². The van der Waals surface area contributed by atoms with Crippen LogP contribution in [-0.4, -0.2) is 32.7 Å². The number of methoxy groups -OCH3 is 1. The van der Waals surface area contributed by atoms with E-state index in [1.165, 1.54) is 6.07 Å². The first-order chi connectivity index (χ1) is 8.67. The number of anilines is 1. The van der Waals surface area contributed by atoms with Gasteiger partial charge in [-0.25, -0.2) is 0 Å². The predicted molar refractivity (Wildman–Crippen MR) is 69.5 cm³/mol. The molecule has 0 atom stereocenters. The second-order valence-electron chi connectivity index (χ2n) is 3.52. The van der Waals surface area contributed by atoms with Crippen molar-refractivity contribution in [3.63, 3.8) is 0 Å². The maximum absolute atomic E-state index is 11.5. The van der Waals surface area contributed by atoms with Crippen LogP contribution in [0.2, 0.25) is 5.02 Å². The molecule has 1 aromatic carbocycles. The zero-order valence-electron chi connectivity index (χ0n) is 10.00. The number of benzene rings is 1. The van der Waals surface area contributed by atoms with E-state index in [2.05, 4.69) is 10.6 Å². The molecular formula is C12H14ClN3O2. The second kappa shape index (κ2) is 7.67. The van der Waals surface area contributed by atoms with Crippen LogP contribution in [0.15, 0.2) is 18.2 Å². The van der Waals surface area contributed by atoms with Crippen molar-refractivity contribution in [2.24, 2.45) is 0 Å². The van der Waals surface area contributed by atoms with Crippen LogP contribution in [0.5, 0.6) is 0 Å². The van der Waals surface area contributed by atoms with Gasteiger partial charge in [0.1, 0.15) is 6.07 Å². The molecule has 0 saturated carbocycles. The Labute approximate surface area is 111 Å². The first-order valence-corrected chi connectivity index (χ1v) is 5.74. The van der Waals surface area contributed by atoms with Gasteiger partial charge >= 0.3 is 0 Å². The Morgan fingerprint density at radius 2 is 2.33 bits per heavy atom. The van der Waals surface area contributed by atoms with Gasteiger partial charge in [0.2, 0.25) is 5.91 Å². The standard InChI is InChI=1S/C12H14ClN3O2/c1-18-5-4-15-8-12(17)16-10-2-3-11(13)9(6-10)7-14/h2-3,6,15H,4-5,8H2,1H3,(H,16,17). The van der Waals surface area contributed by atoms with E-state index in [1.54, 1.807) is 19.2 Å². The van der Waals surface area contributed by atoms with Gasteiger partial charge in [-0.1, -0.05) is 11.6 Å². The molecule has 0 aliphatic heterocycles. The maximum Gasteiger partial charge on any atom is 0.238 e. The Morgan fingerprint density at radius 3 is 3.00 bits per heavy atom. The predicted octanol–water partition coefficient (Wildman–Crippen LogP) is 1.39. The van der Waals surface area contributed by atoms with E-state index in [0.717, 1.165) is 0 Å². The van der Waals surface area contributed by atoms with Crippen molar-refractivity contribution in [1.29, 1.82) is 5.26 Å². The third kappa shape index (κ3) is 4.72. The smallest absolute Gasteiger partial charge is 0.238 e. The first kappa shape index (κ1) is 14.5. The fourth-order valence-corrected chi connectivity index (χ4v) is 1.43. The van der Waals surface area contributed by atoms with E-state index in [1.807, 2.05) is 6.07 Å². The van der Waals surface area contributed by atoms with Gasteiger partial charge in [0.05, 0.1) is 23.7 Å². The molecule has 1 amide bonds. The van der Waals surface area contributed by atoms with Crippen molar-refractivity contribution < 1.29 is 9.53 Å². The summed E-state index contributed by atoms with van der Waals surface area (Å²) in [5.41, 5.74) is 0.885. The van der Waals surface area contributed by atoms with Gasteiger partial charge in [-0.15, -0.1) is 0 Å². The molecule has 0 spiro atoms. The minimum atomic E-state index is -0.183. The average Bonchev–Trinajstić information content (AvgIpc) is 2.37. The monoisotopic (exact) mass is 267 g/mol. The second-order valence-corrected chi connectivity index (χ2v) is 3.93. The summed E-state index contributed by atoms with van der Waals surface area (Å²) in [6.45, 7) is 1.34. The van der Waals surface area contributed by atoms with E-state index >= 15 is 0 Å². The van der Waals surface area contributed by atoms with Crippen molar-refractivity contribution >= 4 is 23.2 Å². The normalized spacial score (nSPS) is 9.83. The minimum Gasteiger partial charge on any atom is -0.383 e. The van der Waals surface area contributed by atoms with Crippen LogP contribution in [0, 0.1) is 11.3 Å². The van der Waals surface area contributed by atoms with Crippen molar-refractivity contribution in [1.82, 2.24) is 5.32 Å². The van der Waals surface area contributed by atoms with Gasteiger partial charge in [0, 0.05) is 19.3 Å². The lowest BCUT2D eigenvalue weighted by Gasteiger charge is -2.07. The molecule has 5 nitrogen and oxygen atoms in total. The average molecular weight is 268 g/mol. The zero-order chi connectivity index (χ0) is 13.4. The number of nitrogens with zero attached hydrogens (tertiary/aromatic N) is 1. The Bertz CT molecular complexity index is 457. The number of nitrogens with one attached hydrogen (secondary N) is 2. The van der Waals surface area contributed by atoms with E-state index in [-0.39, 0.29) is 12.5 Å². The van der Waals surface area contributed by atoms with Crippen LogP contribution in [-0.2, 0) is 9.53 Å². The summed E-state index contributed by atoms with van der Waals surface area (Å²) in [6, 6.07) is 6.72. The topological polar surface area (TPSA) is 74.2 Å². The van der Waals surface area contributed by atoms with E-state index < -0.39 is 0 Å². The van der Waals surface area contributed by atoms with Gasteiger partial charge < -0.3 is 15.4 Å². The van der Waals surface area contributed by atoms with Crippen LogP contribution in [0.3, 0.4) is 0 Å². The largest absolute Gasteiger partial charge is 0.383 e. The van der Waals surface area contributed by atoms with Crippen LogP contribution in [0.4, 0.5) is 5.69 Å². The van der Waals surface area contributed by atoms with Crippen LogP contribution in [0.1, 0.15) is 5.56 Å². The number of hydrogen-bond acceptors (Lipinski definition) is 4.